The lowest BCUT2D eigenvalue weighted by Gasteiger charge is -2.52. The zero-order valence-electron chi connectivity index (χ0n) is 19.6. The van der Waals surface area contributed by atoms with E-state index in [1.165, 1.54) is 11.8 Å². The van der Waals surface area contributed by atoms with E-state index in [1.54, 1.807) is 13.8 Å². The summed E-state index contributed by atoms with van der Waals surface area (Å²) in [5.74, 6) is -1.19. The summed E-state index contributed by atoms with van der Waals surface area (Å²) in [5.41, 5.74) is 0.631. The van der Waals surface area contributed by atoms with Crippen molar-refractivity contribution in [3.05, 3.63) is 11.3 Å². The van der Waals surface area contributed by atoms with Crippen molar-refractivity contribution in [1.82, 2.24) is 4.90 Å². The van der Waals surface area contributed by atoms with Crippen LogP contribution in [0.2, 0.25) is 18.1 Å². The van der Waals surface area contributed by atoms with Gasteiger partial charge in [0.25, 0.3) is 5.91 Å². The second-order valence-corrected chi connectivity index (χ2v) is 19.9. The van der Waals surface area contributed by atoms with E-state index in [0.29, 0.717) is 18.6 Å². The molecule has 1 saturated heterocycles. The van der Waals surface area contributed by atoms with Crippen LogP contribution in [0.5, 0.6) is 0 Å². The van der Waals surface area contributed by atoms with Crippen LogP contribution in [0.25, 0.3) is 0 Å². The Morgan fingerprint density at radius 2 is 1.72 bits per heavy atom. The van der Waals surface area contributed by atoms with Crippen LogP contribution in [0.4, 0.5) is 0 Å². The number of nitrogens with zero attached hydrogens (tertiary/aromatic N) is 1. The number of esters is 1. The summed E-state index contributed by atoms with van der Waals surface area (Å²) in [5, 5.41) is -0.198. The Morgan fingerprint density at radius 3 is 2.12 bits per heavy atom. The zero-order chi connectivity index (χ0) is 25.3. The molecule has 2 atom stereocenters. The largest absolute Gasteiger partial charge is 0.456 e. The minimum absolute atomic E-state index is 0.0216. The highest BCUT2D eigenvalue weighted by Gasteiger charge is 2.62. The number of alkyl halides is 4. The summed E-state index contributed by atoms with van der Waals surface area (Å²) >= 11 is 21.4. The predicted octanol–water partition coefficient (Wildman–Crippen LogP) is 6.19. The minimum Gasteiger partial charge on any atom is -0.456 e. The Hall–Kier alpha value is 0.227. The lowest BCUT2D eigenvalue weighted by Crippen LogP contribution is -2.70. The first kappa shape index (κ1) is 30.3. The van der Waals surface area contributed by atoms with Crippen molar-refractivity contribution in [1.29, 1.82) is 0 Å². The number of hydrogen-bond acceptors (Lipinski definition) is 6. The fourth-order valence-electron chi connectivity index (χ4n) is 2.84. The second kappa shape index (κ2) is 10.9. The Balaban J connectivity index is 3.18. The second-order valence-electron chi connectivity index (χ2n) is 9.37. The number of carbonyl (C=O) groups is 3. The molecule has 32 heavy (non-hydrogen) atoms. The van der Waals surface area contributed by atoms with Gasteiger partial charge < -0.3 is 9.16 Å². The maximum Gasteiger partial charge on any atom is 0.355 e. The zero-order valence-corrected chi connectivity index (χ0v) is 25.3. The van der Waals surface area contributed by atoms with E-state index in [-0.39, 0.29) is 15.9 Å². The van der Waals surface area contributed by atoms with Gasteiger partial charge in [0.05, 0.1) is 6.04 Å². The summed E-state index contributed by atoms with van der Waals surface area (Å²) in [6, 6.07) is -0.515. The maximum atomic E-state index is 13.2. The maximum absolute atomic E-state index is 13.2. The van der Waals surface area contributed by atoms with Crippen molar-refractivity contribution < 1.29 is 23.5 Å². The molecular formula is C20H31BrCl3NO5SSi. The number of likely N-dealkylation sites (tertiary alicyclic amines) is 1. The highest BCUT2D eigenvalue weighted by Crippen LogP contribution is 2.51. The molecule has 1 fully saturated rings. The number of amides is 1. The molecule has 12 heteroatoms. The molecule has 0 aromatic rings. The van der Waals surface area contributed by atoms with Gasteiger partial charge in [-0.15, -0.1) is 0 Å². The van der Waals surface area contributed by atoms with Crippen molar-refractivity contribution in [2.24, 2.45) is 0 Å². The van der Waals surface area contributed by atoms with Crippen molar-refractivity contribution >= 4 is 87.8 Å². The molecule has 0 saturated carbocycles. The number of allylic oxidation sites excluding steroid dienone is 1. The van der Waals surface area contributed by atoms with Crippen LogP contribution in [0.3, 0.4) is 0 Å². The Bertz CT molecular complexity index is 793. The molecule has 1 aliphatic heterocycles. The van der Waals surface area contributed by atoms with E-state index in [1.807, 2.05) is 0 Å². The van der Waals surface area contributed by atoms with Gasteiger partial charge in [0.15, 0.2) is 17.1 Å². The van der Waals surface area contributed by atoms with Crippen LogP contribution in [-0.4, -0.2) is 56.9 Å². The van der Waals surface area contributed by atoms with Gasteiger partial charge in [0.2, 0.25) is 3.79 Å². The molecule has 184 valence electrons. The summed E-state index contributed by atoms with van der Waals surface area (Å²) in [6.07, 6.45) is 0.415. The lowest BCUT2D eigenvalue weighted by molar-refractivity contribution is -0.152. The van der Waals surface area contributed by atoms with Crippen molar-refractivity contribution in [3.63, 3.8) is 0 Å². The fourth-order valence-corrected chi connectivity index (χ4v) is 6.34. The van der Waals surface area contributed by atoms with Gasteiger partial charge in [-0.1, -0.05) is 83.3 Å². The van der Waals surface area contributed by atoms with Crippen molar-refractivity contribution in [3.8, 4) is 0 Å². The molecule has 0 spiro atoms. The van der Waals surface area contributed by atoms with Crippen LogP contribution >= 0.6 is 62.5 Å². The number of ether oxygens (including phenoxy) is 1. The van der Waals surface area contributed by atoms with Crippen LogP contribution in [0, 0.1) is 0 Å². The van der Waals surface area contributed by atoms with Crippen LogP contribution < -0.4 is 0 Å². The third-order valence-electron chi connectivity index (χ3n) is 5.48. The highest BCUT2D eigenvalue weighted by molar-refractivity contribution is 9.12. The first-order chi connectivity index (χ1) is 14.2. The van der Waals surface area contributed by atoms with E-state index >= 15 is 0 Å². The van der Waals surface area contributed by atoms with Gasteiger partial charge >= 0.3 is 5.97 Å². The van der Waals surface area contributed by atoms with Gasteiger partial charge in [-0.05, 0) is 44.0 Å². The number of carbonyl (C=O) groups excluding carboxylic acids is 3. The standard InChI is InChI=1S/C20H31BrCl3NO5SSi/c1-12(2)15(16(27)29-11-19(22,23)24)25-14(20(21,17(25)28)31-13(3)26)9-10-30-32(7,8)18(4,5)6/h14H,9-11H2,1-8H3/t14-,20-/m1/s1. The van der Waals surface area contributed by atoms with Gasteiger partial charge in [-0.25, -0.2) is 4.79 Å². The van der Waals surface area contributed by atoms with Crippen molar-refractivity contribution in [2.45, 2.75) is 79.6 Å². The SMILES string of the molecule is CC(=O)S[C@@]1(Br)C(=O)N(C(C(=O)OCC(Cl)(Cl)Cl)=C(C)C)[C@@H]1CCO[Si](C)(C)C(C)(C)C. The highest BCUT2D eigenvalue weighted by atomic mass is 79.9. The Kier molecular flexibility index (Phi) is 10.3. The molecule has 0 aliphatic carbocycles. The summed E-state index contributed by atoms with van der Waals surface area (Å²) in [4.78, 5) is 39.2. The smallest absolute Gasteiger partial charge is 0.355 e. The van der Waals surface area contributed by atoms with Gasteiger partial charge in [-0.2, -0.15) is 0 Å². The Morgan fingerprint density at radius 1 is 1.19 bits per heavy atom. The minimum atomic E-state index is -2.02. The number of thioether (sulfide) groups is 1. The average molecular weight is 612 g/mol. The molecule has 0 unspecified atom stereocenters. The third-order valence-corrected chi connectivity index (χ3v) is 12.7. The van der Waals surface area contributed by atoms with Gasteiger partial charge in [-0.3, -0.25) is 14.5 Å². The first-order valence-electron chi connectivity index (χ1n) is 10.0. The van der Waals surface area contributed by atoms with Crippen molar-refractivity contribution in [2.75, 3.05) is 13.2 Å². The molecule has 1 amide bonds. The lowest BCUT2D eigenvalue weighted by atomic mass is 9.95. The Labute approximate surface area is 219 Å². The molecule has 1 rings (SSSR count). The molecule has 6 nitrogen and oxygen atoms in total. The average Bonchev–Trinajstić information content (AvgIpc) is 2.59. The topological polar surface area (TPSA) is 72.9 Å². The molecule has 0 radical (unpaired) electrons. The van der Waals surface area contributed by atoms with Gasteiger partial charge in [0, 0.05) is 13.5 Å². The number of hydrogen-bond donors (Lipinski definition) is 0. The van der Waals surface area contributed by atoms with E-state index < -0.39 is 40.3 Å². The molecular weight excluding hydrogens is 581 g/mol. The number of β-lactam (4-membered cyclic amide) rings is 1. The van der Waals surface area contributed by atoms with Crippen LogP contribution in [0.15, 0.2) is 11.3 Å². The molecule has 0 bridgehead atoms. The molecule has 0 aromatic carbocycles. The monoisotopic (exact) mass is 609 g/mol. The van der Waals surface area contributed by atoms with E-state index in [9.17, 15) is 14.4 Å². The normalized spacial score (nSPS) is 21.8. The van der Waals surface area contributed by atoms with E-state index in [2.05, 4.69) is 49.8 Å². The van der Waals surface area contributed by atoms with Gasteiger partial charge in [0.1, 0.15) is 12.3 Å². The molecule has 0 N–H and O–H groups in total. The predicted molar refractivity (Wildman–Crippen MR) is 138 cm³/mol. The summed E-state index contributed by atoms with van der Waals surface area (Å²) in [7, 11) is -2.02. The van der Waals surface area contributed by atoms with E-state index in [0.717, 1.165) is 11.8 Å². The first-order valence-corrected chi connectivity index (χ1v) is 15.7. The third kappa shape index (κ3) is 7.36. The number of rotatable bonds is 8. The summed E-state index contributed by atoms with van der Waals surface area (Å²) in [6.45, 7) is 15.4. The van der Waals surface area contributed by atoms with E-state index in [4.69, 9.17) is 44.0 Å². The molecule has 1 heterocycles. The summed E-state index contributed by atoms with van der Waals surface area (Å²) < 4.78 is 8.45. The molecule has 1 aliphatic rings. The fraction of sp³-hybridized carbons (Fsp3) is 0.750. The molecule has 0 aromatic heterocycles. The van der Waals surface area contributed by atoms with Crippen LogP contribution in [0.1, 0.15) is 48.0 Å². The quantitative estimate of drug-likeness (QED) is 0.107. The van der Waals surface area contributed by atoms with Crippen LogP contribution in [-0.2, 0) is 23.5 Å². The number of halogens is 4.